The number of aromatic nitrogens is 2. The van der Waals surface area contributed by atoms with Crippen LogP contribution in [0.5, 0.6) is 0 Å². The summed E-state index contributed by atoms with van der Waals surface area (Å²) in [5, 5.41) is 9.00. The van der Waals surface area contributed by atoms with Gasteiger partial charge in [-0.25, -0.2) is 9.78 Å². The van der Waals surface area contributed by atoms with Crippen LogP contribution in [0, 0.1) is 0 Å². The molecule has 3 rings (SSSR count). The highest BCUT2D eigenvalue weighted by atomic mass is 16.4. The maximum absolute atomic E-state index is 11.0. The van der Waals surface area contributed by atoms with Crippen LogP contribution < -0.4 is 4.90 Å². The van der Waals surface area contributed by atoms with Gasteiger partial charge in [-0.15, -0.1) is 0 Å². The summed E-state index contributed by atoms with van der Waals surface area (Å²) < 4.78 is 7.08. The summed E-state index contributed by atoms with van der Waals surface area (Å²) in [5.74, 6) is -0.282. The Morgan fingerprint density at radius 2 is 2.44 bits per heavy atom. The first-order valence-electron chi connectivity index (χ1n) is 4.77. The van der Waals surface area contributed by atoms with Crippen molar-refractivity contribution < 1.29 is 14.3 Å². The summed E-state index contributed by atoms with van der Waals surface area (Å²) in [6, 6.07) is 1.79. The molecule has 0 spiro atoms. The van der Waals surface area contributed by atoms with Gasteiger partial charge in [0.2, 0.25) is 5.88 Å². The van der Waals surface area contributed by atoms with Crippen molar-refractivity contribution in [1.82, 2.24) is 9.55 Å². The Bertz CT molecular complexity index is 570. The van der Waals surface area contributed by atoms with E-state index in [0.717, 1.165) is 11.6 Å². The van der Waals surface area contributed by atoms with Crippen molar-refractivity contribution in [1.29, 1.82) is 0 Å². The molecule has 1 aliphatic rings. The number of rotatable bonds is 1. The molecule has 2 aromatic heterocycles. The molecule has 82 valence electrons. The second-order valence-corrected chi connectivity index (χ2v) is 3.68. The topological polar surface area (TPSA) is 71.5 Å². The Morgan fingerprint density at radius 3 is 3.19 bits per heavy atom. The fraction of sp³-hybridized carbons (Fsp3) is 0.200. The lowest BCUT2D eigenvalue weighted by Gasteiger charge is -2.24. The van der Waals surface area contributed by atoms with Crippen molar-refractivity contribution >= 4 is 11.9 Å². The number of aromatic carboxylic acids is 1. The fourth-order valence-corrected chi connectivity index (χ4v) is 1.97. The monoisotopic (exact) mass is 219 g/mol. The highest BCUT2D eigenvalue weighted by molar-refractivity contribution is 5.87. The summed E-state index contributed by atoms with van der Waals surface area (Å²) >= 11 is 0. The van der Waals surface area contributed by atoms with Crippen LogP contribution in [0.3, 0.4) is 0 Å². The van der Waals surface area contributed by atoms with E-state index in [1.54, 1.807) is 16.9 Å². The third kappa shape index (κ3) is 1.01. The molecule has 0 saturated carbocycles. The van der Waals surface area contributed by atoms with E-state index in [1.807, 2.05) is 11.9 Å². The summed E-state index contributed by atoms with van der Waals surface area (Å²) in [5.41, 5.74) is 1.59. The van der Waals surface area contributed by atoms with E-state index in [0.29, 0.717) is 12.2 Å². The van der Waals surface area contributed by atoms with Crippen LogP contribution in [-0.4, -0.2) is 27.7 Å². The molecule has 6 nitrogen and oxygen atoms in total. The highest BCUT2D eigenvalue weighted by Crippen LogP contribution is 2.32. The van der Waals surface area contributed by atoms with Gasteiger partial charge in [0.05, 0.1) is 18.5 Å². The standard InChI is InChI=1S/C10H9N3O3/c1-12-4-7-8(10(14)15)11-5-13(7)6-2-3-16-9(6)12/h2-3,5H,4H2,1H3,(H,14,15). The zero-order valence-electron chi connectivity index (χ0n) is 8.54. The number of imidazole rings is 1. The van der Waals surface area contributed by atoms with Gasteiger partial charge in [0, 0.05) is 13.1 Å². The van der Waals surface area contributed by atoms with Gasteiger partial charge in [0.15, 0.2) is 5.69 Å². The molecule has 0 fully saturated rings. The molecule has 0 aliphatic carbocycles. The molecule has 0 radical (unpaired) electrons. The number of hydrogen-bond donors (Lipinski definition) is 1. The van der Waals surface area contributed by atoms with Gasteiger partial charge in [-0.2, -0.15) is 0 Å². The first-order chi connectivity index (χ1) is 7.68. The van der Waals surface area contributed by atoms with Gasteiger partial charge >= 0.3 is 5.97 Å². The molecule has 0 bridgehead atoms. The Hall–Kier alpha value is -2.24. The molecule has 6 heteroatoms. The Kier molecular flexibility index (Phi) is 1.62. The molecule has 1 N–H and O–H groups in total. The van der Waals surface area contributed by atoms with Crippen molar-refractivity contribution in [2.24, 2.45) is 0 Å². The molecular formula is C10H9N3O3. The second kappa shape index (κ2) is 2.88. The number of carboxylic acids is 1. The molecule has 1 aliphatic heterocycles. The first kappa shape index (κ1) is 9.02. The van der Waals surface area contributed by atoms with E-state index in [9.17, 15) is 4.79 Å². The van der Waals surface area contributed by atoms with Crippen molar-refractivity contribution in [3.63, 3.8) is 0 Å². The summed E-state index contributed by atoms with van der Waals surface area (Å²) in [7, 11) is 1.85. The van der Waals surface area contributed by atoms with Crippen LogP contribution in [0.4, 0.5) is 5.88 Å². The zero-order chi connectivity index (χ0) is 11.3. The molecular weight excluding hydrogens is 210 g/mol. The predicted molar refractivity (Wildman–Crippen MR) is 54.9 cm³/mol. The smallest absolute Gasteiger partial charge is 0.356 e. The van der Waals surface area contributed by atoms with E-state index in [1.165, 1.54) is 6.33 Å². The third-order valence-electron chi connectivity index (χ3n) is 2.69. The SMILES string of the molecule is CN1Cc2c(C(=O)O)ncn2-c2ccoc21. The van der Waals surface area contributed by atoms with Crippen molar-refractivity contribution in [2.75, 3.05) is 11.9 Å². The van der Waals surface area contributed by atoms with Crippen LogP contribution in [0.15, 0.2) is 23.1 Å². The average Bonchev–Trinajstić information content (AvgIpc) is 2.80. The maximum atomic E-state index is 11.0. The van der Waals surface area contributed by atoms with Crippen LogP contribution in [-0.2, 0) is 6.54 Å². The Balaban J connectivity index is 2.25. The quantitative estimate of drug-likeness (QED) is 0.777. The molecule has 0 aromatic carbocycles. The van der Waals surface area contributed by atoms with Gasteiger partial charge in [0.25, 0.3) is 0 Å². The third-order valence-corrected chi connectivity index (χ3v) is 2.69. The largest absolute Gasteiger partial charge is 0.476 e. The number of fused-ring (bicyclic) bond motifs is 3. The lowest BCUT2D eigenvalue weighted by Crippen LogP contribution is -2.25. The zero-order valence-corrected chi connectivity index (χ0v) is 8.54. The second-order valence-electron chi connectivity index (χ2n) is 3.68. The number of furan rings is 1. The summed E-state index contributed by atoms with van der Waals surface area (Å²) in [4.78, 5) is 16.7. The molecule has 3 heterocycles. The highest BCUT2D eigenvalue weighted by Gasteiger charge is 2.27. The number of carboxylic acid groups (broad SMARTS) is 1. The average molecular weight is 219 g/mol. The number of carbonyl (C=O) groups is 1. The van der Waals surface area contributed by atoms with E-state index in [2.05, 4.69) is 4.98 Å². The summed E-state index contributed by atoms with van der Waals surface area (Å²) in [6.07, 6.45) is 3.09. The molecule has 0 atom stereocenters. The number of hydrogen-bond acceptors (Lipinski definition) is 4. The van der Waals surface area contributed by atoms with E-state index >= 15 is 0 Å². The number of anilines is 1. The van der Waals surface area contributed by atoms with Crippen molar-refractivity contribution in [2.45, 2.75) is 6.54 Å². The van der Waals surface area contributed by atoms with Gasteiger partial charge in [-0.3, -0.25) is 4.57 Å². The predicted octanol–water partition coefficient (Wildman–Crippen LogP) is 1.11. The fourth-order valence-electron chi connectivity index (χ4n) is 1.97. The lowest BCUT2D eigenvalue weighted by atomic mass is 10.2. The maximum Gasteiger partial charge on any atom is 0.356 e. The van der Waals surface area contributed by atoms with Gasteiger partial charge in [-0.05, 0) is 0 Å². The first-order valence-corrected chi connectivity index (χ1v) is 4.77. The Labute approximate surface area is 90.7 Å². The van der Waals surface area contributed by atoms with Crippen LogP contribution in [0.1, 0.15) is 16.2 Å². The van der Waals surface area contributed by atoms with Crippen LogP contribution >= 0.6 is 0 Å². The Morgan fingerprint density at radius 1 is 1.62 bits per heavy atom. The summed E-state index contributed by atoms with van der Waals surface area (Å²) in [6.45, 7) is 0.474. The molecule has 0 amide bonds. The van der Waals surface area contributed by atoms with Crippen molar-refractivity contribution in [3.8, 4) is 5.69 Å². The van der Waals surface area contributed by atoms with Gasteiger partial charge in [0.1, 0.15) is 12.0 Å². The van der Waals surface area contributed by atoms with Gasteiger partial charge < -0.3 is 14.4 Å². The molecule has 2 aromatic rings. The molecule has 16 heavy (non-hydrogen) atoms. The minimum Gasteiger partial charge on any atom is -0.476 e. The van der Waals surface area contributed by atoms with E-state index in [4.69, 9.17) is 9.52 Å². The number of nitrogens with zero attached hydrogens (tertiary/aromatic N) is 3. The van der Waals surface area contributed by atoms with Crippen LogP contribution in [0.25, 0.3) is 5.69 Å². The molecule has 0 saturated heterocycles. The lowest BCUT2D eigenvalue weighted by molar-refractivity contribution is 0.0689. The normalized spacial score (nSPS) is 13.4. The van der Waals surface area contributed by atoms with Crippen LogP contribution in [0.2, 0.25) is 0 Å². The van der Waals surface area contributed by atoms with E-state index < -0.39 is 5.97 Å². The minimum absolute atomic E-state index is 0.0960. The molecule has 0 unspecified atom stereocenters. The van der Waals surface area contributed by atoms with Crippen molar-refractivity contribution in [3.05, 3.63) is 30.0 Å². The van der Waals surface area contributed by atoms with E-state index in [-0.39, 0.29) is 5.69 Å². The van der Waals surface area contributed by atoms with Gasteiger partial charge in [-0.1, -0.05) is 0 Å². The minimum atomic E-state index is -1.01.